The predicted molar refractivity (Wildman–Crippen MR) is 182 cm³/mol. The highest BCUT2D eigenvalue weighted by Gasteiger charge is 2.53. The number of azide groups is 1. The summed E-state index contributed by atoms with van der Waals surface area (Å²) in [7, 11) is 0. The Morgan fingerprint density at radius 3 is 2.50 bits per heavy atom. The molecule has 9 nitrogen and oxygen atoms in total. The summed E-state index contributed by atoms with van der Waals surface area (Å²) in [5.74, 6) is 0.559. The number of amides is 1. The van der Waals surface area contributed by atoms with E-state index in [1.54, 1.807) is 30.3 Å². The predicted octanol–water partition coefficient (Wildman–Crippen LogP) is 8.14. The molecule has 4 aromatic rings. The van der Waals surface area contributed by atoms with Crippen molar-refractivity contribution < 1.29 is 19.4 Å². The van der Waals surface area contributed by atoms with Gasteiger partial charge in [0.1, 0.15) is 5.75 Å². The molecule has 1 aliphatic rings. The molecular formula is C34H30BrCl2N5O4. The summed E-state index contributed by atoms with van der Waals surface area (Å²) in [6.45, 7) is 0.669. The minimum absolute atomic E-state index is 0.0405. The zero-order chi connectivity index (χ0) is 32.5. The van der Waals surface area contributed by atoms with Crippen molar-refractivity contribution in [3.05, 3.63) is 144 Å². The first kappa shape index (κ1) is 33.3. The number of halogens is 3. The van der Waals surface area contributed by atoms with Crippen molar-refractivity contribution in [1.29, 1.82) is 0 Å². The molecule has 4 aromatic carbocycles. The Bertz CT molecular complexity index is 1760. The SMILES string of the molecule is [N-]=[N+]=NCc1ccccc1[C@H]1OC(c2ccc(OCCCO)cc2)=N[C@@]1(Cc1ccc(Br)cc1)C(=O)NCc1ccc(Cl)c(Cl)c1. The summed E-state index contributed by atoms with van der Waals surface area (Å²) in [5, 5.41) is 16.8. The summed E-state index contributed by atoms with van der Waals surface area (Å²) < 4.78 is 13.2. The van der Waals surface area contributed by atoms with Gasteiger partial charge in [0.05, 0.1) is 23.2 Å². The molecule has 46 heavy (non-hydrogen) atoms. The Kier molecular flexibility index (Phi) is 11.2. The van der Waals surface area contributed by atoms with E-state index in [1.165, 1.54) is 0 Å². The molecule has 236 valence electrons. The molecule has 1 aliphatic heterocycles. The van der Waals surface area contributed by atoms with Crippen molar-refractivity contribution in [1.82, 2.24) is 5.32 Å². The summed E-state index contributed by atoms with van der Waals surface area (Å²) in [5.41, 5.74) is 11.3. The Morgan fingerprint density at radius 2 is 1.78 bits per heavy atom. The molecule has 2 N–H and O–H groups in total. The lowest BCUT2D eigenvalue weighted by atomic mass is 9.80. The molecule has 12 heteroatoms. The fourth-order valence-corrected chi connectivity index (χ4v) is 5.78. The second-order valence-corrected chi connectivity index (χ2v) is 12.3. The maximum Gasteiger partial charge on any atom is 0.252 e. The van der Waals surface area contributed by atoms with Crippen molar-refractivity contribution >= 4 is 50.9 Å². The Labute approximate surface area is 284 Å². The van der Waals surface area contributed by atoms with E-state index in [2.05, 4.69) is 31.3 Å². The minimum atomic E-state index is -1.46. The van der Waals surface area contributed by atoms with Crippen LogP contribution >= 0.6 is 39.1 Å². The number of ether oxygens (including phenoxy) is 2. The Morgan fingerprint density at radius 1 is 1.04 bits per heavy atom. The third-order valence-electron chi connectivity index (χ3n) is 7.50. The standard InChI is InChI=1S/C34H30BrCl2N5O4/c35-26-11-6-22(7-12-26)19-34(33(44)39-20-23-8-15-29(36)30(37)18-23)31(28-5-2-1-4-25(28)21-40-42-38)46-32(41-34)24-9-13-27(14-10-24)45-17-3-16-43/h1-2,4-15,18,31,43H,3,16-17,19-21H2,(H,39,44)/t31-,34-/m1/s1. The zero-order valence-electron chi connectivity index (χ0n) is 24.6. The van der Waals surface area contributed by atoms with Crippen molar-refractivity contribution in [3.63, 3.8) is 0 Å². The number of aliphatic hydroxyl groups excluding tert-OH is 1. The summed E-state index contributed by atoms with van der Waals surface area (Å²) >= 11 is 15.9. The van der Waals surface area contributed by atoms with Crippen LogP contribution in [0.4, 0.5) is 0 Å². The van der Waals surface area contributed by atoms with E-state index in [1.807, 2.05) is 60.7 Å². The van der Waals surface area contributed by atoms with Crippen molar-refractivity contribution in [2.45, 2.75) is 37.6 Å². The average Bonchev–Trinajstić information content (AvgIpc) is 3.46. The Hall–Kier alpha value is -4.05. The van der Waals surface area contributed by atoms with Gasteiger partial charge in [0.2, 0.25) is 5.90 Å². The molecule has 0 aromatic heterocycles. The minimum Gasteiger partial charge on any atom is -0.494 e. The maximum atomic E-state index is 14.6. The van der Waals surface area contributed by atoms with Gasteiger partial charge in [-0.1, -0.05) is 86.7 Å². The quantitative estimate of drug-likeness (QED) is 0.0625. The van der Waals surface area contributed by atoms with Crippen LogP contribution in [-0.2, 0) is 29.0 Å². The number of hydrogen-bond acceptors (Lipinski definition) is 6. The van der Waals surface area contributed by atoms with E-state index in [0.717, 1.165) is 15.6 Å². The van der Waals surface area contributed by atoms with Gasteiger partial charge in [-0.15, -0.1) is 0 Å². The molecule has 1 heterocycles. The van der Waals surface area contributed by atoms with Crippen LogP contribution in [-0.4, -0.2) is 35.7 Å². The van der Waals surface area contributed by atoms with E-state index in [-0.39, 0.29) is 37.9 Å². The molecule has 0 spiro atoms. The van der Waals surface area contributed by atoms with Gasteiger partial charge in [0.15, 0.2) is 11.6 Å². The summed E-state index contributed by atoms with van der Waals surface area (Å²) in [4.78, 5) is 22.6. The van der Waals surface area contributed by atoms with Gasteiger partial charge in [-0.2, -0.15) is 0 Å². The molecular weight excluding hydrogens is 693 g/mol. The van der Waals surface area contributed by atoms with E-state index in [0.29, 0.717) is 45.5 Å². The number of carbonyl (C=O) groups is 1. The van der Waals surface area contributed by atoms with Gasteiger partial charge in [0.25, 0.3) is 5.91 Å². The van der Waals surface area contributed by atoms with E-state index in [4.69, 9.17) is 48.3 Å². The third-order valence-corrected chi connectivity index (χ3v) is 8.76. The van der Waals surface area contributed by atoms with Gasteiger partial charge in [0, 0.05) is 40.9 Å². The molecule has 0 radical (unpaired) electrons. The number of hydrogen-bond donors (Lipinski definition) is 2. The number of nitrogens with zero attached hydrogens (tertiary/aromatic N) is 4. The van der Waals surface area contributed by atoms with Crippen LogP contribution in [0.3, 0.4) is 0 Å². The number of nitrogens with one attached hydrogen (secondary N) is 1. The molecule has 0 saturated carbocycles. The van der Waals surface area contributed by atoms with Gasteiger partial charge < -0.3 is 19.9 Å². The lowest BCUT2D eigenvalue weighted by Gasteiger charge is -2.32. The summed E-state index contributed by atoms with van der Waals surface area (Å²) in [6, 6.07) is 27.5. The molecule has 5 rings (SSSR count). The molecule has 1 amide bonds. The Balaban J connectivity index is 1.60. The highest BCUT2D eigenvalue weighted by Crippen LogP contribution is 2.44. The van der Waals surface area contributed by atoms with Crippen LogP contribution in [0.5, 0.6) is 5.75 Å². The first-order valence-electron chi connectivity index (χ1n) is 14.5. The first-order valence-corrected chi connectivity index (χ1v) is 16.0. The molecule has 0 bridgehead atoms. The van der Waals surface area contributed by atoms with Crippen LogP contribution in [0.2, 0.25) is 10.0 Å². The van der Waals surface area contributed by atoms with Gasteiger partial charge in [-0.05, 0) is 76.3 Å². The molecule has 0 aliphatic carbocycles. The van der Waals surface area contributed by atoms with Crippen LogP contribution in [0.25, 0.3) is 10.4 Å². The fourth-order valence-electron chi connectivity index (χ4n) is 5.20. The highest BCUT2D eigenvalue weighted by atomic mass is 79.9. The van der Waals surface area contributed by atoms with Gasteiger partial charge in [-0.3, -0.25) is 4.79 Å². The maximum absolute atomic E-state index is 14.6. The molecule has 2 atom stereocenters. The first-order chi connectivity index (χ1) is 22.3. The third kappa shape index (κ3) is 7.84. The normalized spacial score (nSPS) is 17.0. The van der Waals surface area contributed by atoms with Crippen LogP contribution in [0, 0.1) is 0 Å². The lowest BCUT2D eigenvalue weighted by molar-refractivity contribution is -0.129. The van der Waals surface area contributed by atoms with Gasteiger partial charge >= 0.3 is 0 Å². The summed E-state index contributed by atoms with van der Waals surface area (Å²) in [6.07, 6.45) is -0.143. The second-order valence-electron chi connectivity index (χ2n) is 10.6. The van der Waals surface area contributed by atoms with Gasteiger partial charge in [-0.25, -0.2) is 4.99 Å². The van der Waals surface area contributed by atoms with E-state index < -0.39 is 11.6 Å². The van der Waals surface area contributed by atoms with Crippen LogP contribution < -0.4 is 10.1 Å². The number of benzene rings is 4. The monoisotopic (exact) mass is 721 g/mol. The second kappa shape index (κ2) is 15.5. The number of rotatable bonds is 13. The van der Waals surface area contributed by atoms with Crippen LogP contribution in [0.1, 0.15) is 40.3 Å². The number of aliphatic imine (C=N–C) groups is 1. The zero-order valence-corrected chi connectivity index (χ0v) is 27.7. The molecule has 0 saturated heterocycles. The number of aliphatic hydroxyl groups is 1. The van der Waals surface area contributed by atoms with Crippen molar-refractivity contribution in [2.75, 3.05) is 13.2 Å². The van der Waals surface area contributed by atoms with Crippen LogP contribution in [0.15, 0.2) is 106 Å². The smallest absolute Gasteiger partial charge is 0.252 e. The molecule has 0 fully saturated rings. The average molecular weight is 723 g/mol. The van der Waals surface area contributed by atoms with Crippen molar-refractivity contribution in [3.8, 4) is 5.75 Å². The molecule has 0 unspecified atom stereocenters. The largest absolute Gasteiger partial charge is 0.494 e. The number of carbonyl (C=O) groups excluding carboxylic acids is 1. The van der Waals surface area contributed by atoms with Crippen molar-refractivity contribution in [2.24, 2.45) is 10.1 Å². The fraction of sp³-hybridized carbons (Fsp3) is 0.235. The van der Waals surface area contributed by atoms with E-state index >= 15 is 0 Å². The lowest BCUT2D eigenvalue weighted by Crippen LogP contribution is -2.49. The topological polar surface area (TPSA) is 129 Å². The highest BCUT2D eigenvalue weighted by molar-refractivity contribution is 9.10. The van der Waals surface area contributed by atoms with E-state index in [9.17, 15) is 4.79 Å².